The fourth-order valence-electron chi connectivity index (χ4n) is 2.91. The predicted molar refractivity (Wildman–Crippen MR) is 79.9 cm³/mol. The van der Waals surface area contributed by atoms with Crippen molar-refractivity contribution in [1.82, 2.24) is 14.8 Å². The van der Waals surface area contributed by atoms with Crippen LogP contribution < -0.4 is 10.6 Å². The molecule has 0 spiro atoms. The Balaban J connectivity index is 1.88. The average molecular weight is 285 g/mol. The quantitative estimate of drug-likeness (QED) is 0.919. The van der Waals surface area contributed by atoms with Crippen LogP contribution >= 0.6 is 0 Å². The minimum absolute atomic E-state index is 0.0347. The van der Waals surface area contributed by atoms with Gasteiger partial charge < -0.3 is 10.6 Å². The van der Waals surface area contributed by atoms with Crippen LogP contribution in [-0.2, 0) is 4.79 Å². The number of hydrogen-bond acceptors (Lipinski definition) is 4. The Morgan fingerprint density at radius 3 is 3.00 bits per heavy atom. The molecule has 3 rings (SSSR count). The number of nitrogens with two attached hydrogens (primary N) is 1. The maximum absolute atomic E-state index is 12.8. The van der Waals surface area contributed by atoms with Gasteiger partial charge in [0, 0.05) is 18.2 Å². The number of rotatable bonds is 4. The van der Waals surface area contributed by atoms with E-state index in [1.54, 1.807) is 11.0 Å². The first-order chi connectivity index (χ1) is 10.2. The van der Waals surface area contributed by atoms with E-state index in [0.717, 1.165) is 12.1 Å². The van der Waals surface area contributed by atoms with Gasteiger partial charge >= 0.3 is 0 Å². The molecule has 21 heavy (non-hydrogen) atoms. The molecule has 0 aliphatic carbocycles. The number of benzene rings is 1. The zero-order chi connectivity index (χ0) is 14.8. The van der Waals surface area contributed by atoms with Crippen LogP contribution in [0.1, 0.15) is 30.9 Å². The maximum atomic E-state index is 12.8. The lowest BCUT2D eigenvalue weighted by Gasteiger charge is -2.22. The largest absolute Gasteiger partial charge is 0.330 e. The van der Waals surface area contributed by atoms with E-state index in [0.29, 0.717) is 19.0 Å². The number of carbonyl (C=O) groups excluding carboxylic acids is 1. The number of amides is 1. The van der Waals surface area contributed by atoms with Crippen molar-refractivity contribution in [3.8, 4) is 0 Å². The first kappa shape index (κ1) is 13.8. The summed E-state index contributed by atoms with van der Waals surface area (Å²) in [5.41, 5.74) is 7.90. The van der Waals surface area contributed by atoms with Crippen molar-refractivity contribution < 1.29 is 4.79 Å². The van der Waals surface area contributed by atoms with E-state index in [4.69, 9.17) is 5.73 Å². The van der Waals surface area contributed by atoms with Gasteiger partial charge in [-0.25, -0.2) is 9.67 Å². The number of hydrogen-bond donors (Lipinski definition) is 1. The number of carbonyl (C=O) groups is 1. The van der Waals surface area contributed by atoms with Crippen LogP contribution in [0.2, 0.25) is 0 Å². The summed E-state index contributed by atoms with van der Waals surface area (Å²) >= 11 is 0. The predicted octanol–water partition coefficient (Wildman–Crippen LogP) is 1.32. The van der Waals surface area contributed by atoms with Crippen LogP contribution in [-0.4, -0.2) is 33.8 Å². The molecule has 0 saturated carbocycles. The number of para-hydroxylation sites is 1. The van der Waals surface area contributed by atoms with Crippen molar-refractivity contribution in [3.05, 3.63) is 42.5 Å². The Hall–Kier alpha value is -2.21. The van der Waals surface area contributed by atoms with Crippen LogP contribution in [0.3, 0.4) is 0 Å². The van der Waals surface area contributed by atoms with Crippen LogP contribution in [0.25, 0.3) is 0 Å². The standard InChI is InChI=1S/C15H19N5O/c1-11(20-10-17-9-18-20)15(21)19-8-12(6-7-16)13-4-2-3-5-14(13)19/h2-5,9-12H,6-8,16H2,1H3. The van der Waals surface area contributed by atoms with Gasteiger partial charge in [0.05, 0.1) is 0 Å². The molecule has 1 aliphatic heterocycles. The third-order valence-corrected chi connectivity index (χ3v) is 4.04. The molecule has 1 aromatic heterocycles. The third kappa shape index (κ3) is 2.42. The molecular formula is C15H19N5O. The molecule has 1 amide bonds. The van der Waals surface area contributed by atoms with Gasteiger partial charge in [-0.1, -0.05) is 18.2 Å². The maximum Gasteiger partial charge on any atom is 0.251 e. The van der Waals surface area contributed by atoms with Gasteiger partial charge in [0.2, 0.25) is 0 Å². The average Bonchev–Trinajstić information content (AvgIpc) is 3.15. The van der Waals surface area contributed by atoms with Gasteiger partial charge in [0.25, 0.3) is 5.91 Å². The SMILES string of the molecule is CC(C(=O)N1CC(CCN)c2ccccc21)n1cncn1. The molecule has 2 N–H and O–H groups in total. The highest BCUT2D eigenvalue weighted by Crippen LogP contribution is 2.38. The Morgan fingerprint density at radius 1 is 1.48 bits per heavy atom. The molecule has 2 atom stereocenters. The van der Waals surface area contributed by atoms with Crippen molar-refractivity contribution in [2.75, 3.05) is 18.0 Å². The van der Waals surface area contributed by atoms with E-state index >= 15 is 0 Å². The van der Waals surface area contributed by atoms with E-state index in [1.165, 1.54) is 11.9 Å². The van der Waals surface area contributed by atoms with Gasteiger partial charge in [-0.2, -0.15) is 5.10 Å². The summed E-state index contributed by atoms with van der Waals surface area (Å²) in [4.78, 5) is 18.5. The van der Waals surface area contributed by atoms with Gasteiger partial charge in [0.15, 0.2) is 0 Å². The van der Waals surface area contributed by atoms with E-state index in [9.17, 15) is 4.79 Å². The molecule has 6 heteroatoms. The molecule has 6 nitrogen and oxygen atoms in total. The summed E-state index contributed by atoms with van der Waals surface area (Å²) in [6.45, 7) is 3.16. The van der Waals surface area contributed by atoms with E-state index < -0.39 is 0 Å². The van der Waals surface area contributed by atoms with Crippen molar-refractivity contribution in [3.63, 3.8) is 0 Å². The molecule has 1 aliphatic rings. The molecule has 1 aromatic carbocycles. The number of fused-ring (bicyclic) bond motifs is 1. The molecule has 0 radical (unpaired) electrons. The highest BCUT2D eigenvalue weighted by atomic mass is 16.2. The monoisotopic (exact) mass is 285 g/mol. The first-order valence-corrected chi connectivity index (χ1v) is 7.17. The number of aromatic nitrogens is 3. The first-order valence-electron chi connectivity index (χ1n) is 7.17. The summed E-state index contributed by atoms with van der Waals surface area (Å²) < 4.78 is 1.58. The summed E-state index contributed by atoms with van der Waals surface area (Å²) in [7, 11) is 0. The molecular weight excluding hydrogens is 266 g/mol. The highest BCUT2D eigenvalue weighted by molar-refractivity contribution is 5.98. The summed E-state index contributed by atoms with van der Waals surface area (Å²) in [5, 5.41) is 4.06. The Labute approximate surface area is 123 Å². The lowest BCUT2D eigenvalue weighted by molar-refractivity contribution is -0.121. The van der Waals surface area contributed by atoms with Crippen LogP contribution in [0, 0.1) is 0 Å². The highest BCUT2D eigenvalue weighted by Gasteiger charge is 2.34. The van der Waals surface area contributed by atoms with Crippen molar-refractivity contribution in [2.24, 2.45) is 5.73 Å². The lowest BCUT2D eigenvalue weighted by Crippen LogP contribution is -2.36. The molecule has 110 valence electrons. The van der Waals surface area contributed by atoms with Gasteiger partial charge in [-0.15, -0.1) is 0 Å². The van der Waals surface area contributed by atoms with Crippen molar-refractivity contribution >= 4 is 11.6 Å². The minimum Gasteiger partial charge on any atom is -0.330 e. The normalized spacial score (nSPS) is 18.6. The fraction of sp³-hybridized carbons (Fsp3) is 0.400. The molecule has 2 unspecified atom stereocenters. The topological polar surface area (TPSA) is 77.0 Å². The van der Waals surface area contributed by atoms with E-state index in [-0.39, 0.29) is 11.9 Å². The van der Waals surface area contributed by atoms with Crippen molar-refractivity contribution in [2.45, 2.75) is 25.3 Å². The summed E-state index contributed by atoms with van der Waals surface area (Å²) in [5.74, 6) is 0.352. The zero-order valence-corrected chi connectivity index (χ0v) is 12.0. The molecule has 2 aromatic rings. The fourth-order valence-corrected chi connectivity index (χ4v) is 2.91. The minimum atomic E-state index is -0.364. The third-order valence-electron chi connectivity index (χ3n) is 4.04. The van der Waals surface area contributed by atoms with Gasteiger partial charge in [-0.05, 0) is 31.5 Å². The molecule has 0 saturated heterocycles. The van der Waals surface area contributed by atoms with Crippen LogP contribution in [0.15, 0.2) is 36.9 Å². The molecule has 0 fully saturated rings. The second kappa shape index (κ2) is 5.65. The van der Waals surface area contributed by atoms with Gasteiger partial charge in [0.1, 0.15) is 18.7 Å². The summed E-state index contributed by atoms with van der Waals surface area (Å²) in [6.07, 6.45) is 3.90. The Kier molecular flexibility index (Phi) is 3.70. The van der Waals surface area contributed by atoms with Crippen LogP contribution in [0.5, 0.6) is 0 Å². The number of anilines is 1. The van der Waals surface area contributed by atoms with Gasteiger partial charge in [-0.3, -0.25) is 4.79 Å². The smallest absolute Gasteiger partial charge is 0.251 e. The molecule has 0 bridgehead atoms. The number of nitrogens with zero attached hydrogens (tertiary/aromatic N) is 4. The molecule has 2 heterocycles. The van der Waals surface area contributed by atoms with E-state index in [1.807, 2.05) is 30.0 Å². The van der Waals surface area contributed by atoms with E-state index in [2.05, 4.69) is 16.1 Å². The summed E-state index contributed by atoms with van der Waals surface area (Å²) in [6, 6.07) is 7.69. The van der Waals surface area contributed by atoms with Crippen molar-refractivity contribution in [1.29, 1.82) is 0 Å². The zero-order valence-electron chi connectivity index (χ0n) is 12.0. The lowest BCUT2D eigenvalue weighted by atomic mass is 9.98. The Morgan fingerprint density at radius 2 is 2.29 bits per heavy atom. The second-order valence-corrected chi connectivity index (χ2v) is 5.33. The second-order valence-electron chi connectivity index (χ2n) is 5.33. The van der Waals surface area contributed by atoms with Crippen LogP contribution in [0.4, 0.5) is 5.69 Å². The Bertz CT molecular complexity index is 625.